The molecule has 35 heavy (non-hydrogen) atoms. The van der Waals surface area contributed by atoms with Crippen LogP contribution in [0, 0.1) is 0 Å². The lowest BCUT2D eigenvalue weighted by atomic mass is 9.95. The number of ether oxygens (including phenoxy) is 2. The molecular formula is C28H37ClN2O4. The highest BCUT2D eigenvalue weighted by molar-refractivity contribution is 6.31. The Labute approximate surface area is 213 Å². The lowest BCUT2D eigenvalue weighted by Gasteiger charge is -2.33. The molecule has 2 aromatic rings. The van der Waals surface area contributed by atoms with Crippen LogP contribution in [0.5, 0.6) is 11.5 Å². The maximum absolute atomic E-state index is 13.4. The van der Waals surface area contributed by atoms with Crippen LogP contribution in [0.15, 0.2) is 48.5 Å². The Bertz CT molecular complexity index is 944. The number of nitrogens with one attached hydrogen (secondary N) is 1. The summed E-state index contributed by atoms with van der Waals surface area (Å²) in [5.74, 6) is 1.34. The van der Waals surface area contributed by atoms with Crippen molar-refractivity contribution in [3.8, 4) is 11.5 Å². The van der Waals surface area contributed by atoms with E-state index in [2.05, 4.69) is 5.32 Å². The van der Waals surface area contributed by atoms with Gasteiger partial charge in [-0.25, -0.2) is 0 Å². The molecule has 0 aromatic heterocycles. The third-order valence-electron chi connectivity index (χ3n) is 6.50. The zero-order chi connectivity index (χ0) is 25.0. The molecule has 1 aliphatic rings. The van der Waals surface area contributed by atoms with Gasteiger partial charge < -0.3 is 19.7 Å². The third-order valence-corrected chi connectivity index (χ3v) is 6.87. The van der Waals surface area contributed by atoms with Crippen LogP contribution in [-0.2, 0) is 16.1 Å². The Hall–Kier alpha value is -2.73. The fourth-order valence-electron chi connectivity index (χ4n) is 4.50. The number of amides is 2. The summed E-state index contributed by atoms with van der Waals surface area (Å²) < 4.78 is 10.9. The van der Waals surface area contributed by atoms with Crippen LogP contribution in [0.4, 0.5) is 0 Å². The van der Waals surface area contributed by atoms with Crippen molar-refractivity contribution in [1.29, 1.82) is 0 Å². The van der Waals surface area contributed by atoms with Gasteiger partial charge in [-0.2, -0.15) is 0 Å². The van der Waals surface area contributed by atoms with Crippen LogP contribution in [0.1, 0.15) is 63.9 Å². The monoisotopic (exact) mass is 500 g/mol. The van der Waals surface area contributed by atoms with Gasteiger partial charge in [0.2, 0.25) is 11.8 Å². The second-order valence-corrected chi connectivity index (χ2v) is 9.42. The number of benzene rings is 2. The Morgan fingerprint density at radius 3 is 2.40 bits per heavy atom. The second-order valence-electron chi connectivity index (χ2n) is 9.01. The van der Waals surface area contributed by atoms with Gasteiger partial charge in [-0.1, -0.05) is 56.0 Å². The molecule has 0 spiro atoms. The van der Waals surface area contributed by atoms with Crippen molar-refractivity contribution >= 4 is 23.4 Å². The number of hydrogen-bond donors (Lipinski definition) is 1. The summed E-state index contributed by atoms with van der Waals surface area (Å²) in [6, 6.07) is 14.5. The maximum Gasteiger partial charge on any atom is 0.243 e. The van der Waals surface area contributed by atoms with Crippen molar-refractivity contribution in [3.63, 3.8) is 0 Å². The van der Waals surface area contributed by atoms with E-state index in [0.717, 1.165) is 42.7 Å². The van der Waals surface area contributed by atoms with E-state index in [1.54, 1.807) is 12.0 Å². The lowest BCUT2D eigenvalue weighted by Crippen LogP contribution is -2.51. The molecule has 1 N–H and O–H groups in total. The van der Waals surface area contributed by atoms with Gasteiger partial charge in [0.1, 0.15) is 17.5 Å². The van der Waals surface area contributed by atoms with E-state index in [0.29, 0.717) is 31.0 Å². The fourth-order valence-corrected chi connectivity index (χ4v) is 4.70. The first-order valence-corrected chi connectivity index (χ1v) is 13.0. The zero-order valence-electron chi connectivity index (χ0n) is 20.8. The normalized spacial score (nSPS) is 14.7. The van der Waals surface area contributed by atoms with Crippen LogP contribution in [0.25, 0.3) is 0 Å². The summed E-state index contributed by atoms with van der Waals surface area (Å²) in [4.78, 5) is 28.3. The second kappa shape index (κ2) is 14.0. The average molecular weight is 501 g/mol. The summed E-state index contributed by atoms with van der Waals surface area (Å²) in [6.07, 6.45) is 6.87. The van der Waals surface area contributed by atoms with E-state index in [-0.39, 0.29) is 24.3 Å². The van der Waals surface area contributed by atoms with Crippen LogP contribution < -0.4 is 14.8 Å². The molecule has 0 saturated heterocycles. The van der Waals surface area contributed by atoms with E-state index < -0.39 is 6.04 Å². The van der Waals surface area contributed by atoms with Crippen LogP contribution in [0.3, 0.4) is 0 Å². The lowest BCUT2D eigenvalue weighted by molar-refractivity contribution is -0.142. The summed E-state index contributed by atoms with van der Waals surface area (Å²) in [6.45, 7) is 2.66. The third kappa shape index (κ3) is 8.17. The molecule has 1 saturated carbocycles. The largest absolute Gasteiger partial charge is 0.497 e. The summed E-state index contributed by atoms with van der Waals surface area (Å²) >= 11 is 6.40. The average Bonchev–Trinajstić information content (AvgIpc) is 2.88. The van der Waals surface area contributed by atoms with Crippen molar-refractivity contribution in [2.75, 3.05) is 13.7 Å². The van der Waals surface area contributed by atoms with Crippen molar-refractivity contribution in [2.24, 2.45) is 0 Å². The van der Waals surface area contributed by atoms with Gasteiger partial charge in [-0.3, -0.25) is 9.59 Å². The smallest absolute Gasteiger partial charge is 0.243 e. The van der Waals surface area contributed by atoms with Gasteiger partial charge in [0.15, 0.2) is 0 Å². The van der Waals surface area contributed by atoms with E-state index >= 15 is 0 Å². The number of hydrogen-bond acceptors (Lipinski definition) is 4. The number of halogens is 1. The number of rotatable bonds is 12. The number of carbonyl (C=O) groups is 2. The molecule has 0 unspecified atom stereocenters. The Morgan fingerprint density at radius 2 is 1.74 bits per heavy atom. The van der Waals surface area contributed by atoms with Crippen LogP contribution in [0.2, 0.25) is 5.02 Å². The number of carbonyl (C=O) groups excluding carboxylic acids is 2. The van der Waals surface area contributed by atoms with E-state index in [4.69, 9.17) is 21.1 Å². The molecule has 1 aliphatic carbocycles. The van der Waals surface area contributed by atoms with E-state index in [9.17, 15) is 9.59 Å². The molecule has 0 heterocycles. The van der Waals surface area contributed by atoms with Crippen molar-refractivity contribution in [2.45, 2.75) is 76.9 Å². The van der Waals surface area contributed by atoms with Crippen molar-refractivity contribution in [1.82, 2.24) is 10.2 Å². The molecule has 1 atom stereocenters. The summed E-state index contributed by atoms with van der Waals surface area (Å²) in [5.41, 5.74) is 0.834. The number of methoxy groups -OCH3 is 1. The molecular weight excluding hydrogens is 464 g/mol. The molecule has 0 aliphatic heterocycles. The molecule has 0 bridgehead atoms. The van der Waals surface area contributed by atoms with Gasteiger partial charge in [-0.15, -0.1) is 0 Å². The predicted octanol–water partition coefficient (Wildman–Crippen LogP) is 5.76. The van der Waals surface area contributed by atoms with Gasteiger partial charge in [0.25, 0.3) is 0 Å². The Balaban J connectivity index is 1.64. The molecule has 3 rings (SSSR count). The Morgan fingerprint density at radius 1 is 1.06 bits per heavy atom. The highest BCUT2D eigenvalue weighted by Gasteiger charge is 2.30. The predicted molar refractivity (Wildman–Crippen MR) is 139 cm³/mol. The highest BCUT2D eigenvalue weighted by Crippen LogP contribution is 2.22. The Kier molecular flexibility index (Phi) is 10.7. The summed E-state index contributed by atoms with van der Waals surface area (Å²) in [5, 5.41) is 3.80. The molecule has 7 heteroatoms. The zero-order valence-corrected chi connectivity index (χ0v) is 21.6. The molecule has 0 radical (unpaired) electrons. The maximum atomic E-state index is 13.4. The highest BCUT2D eigenvalue weighted by atomic mass is 35.5. The van der Waals surface area contributed by atoms with Gasteiger partial charge in [0.05, 0.1) is 13.7 Å². The topological polar surface area (TPSA) is 67.9 Å². The standard InChI is InChI=1S/C28H37ClN2O4/c1-3-26(28(33)30-22-11-5-4-6-12-22)31(20-21-10-7-8-13-25(21)29)27(32)14-9-19-35-24-17-15-23(34-2)16-18-24/h7-8,10,13,15-18,22,26H,3-6,9,11-12,14,19-20H2,1-2H3,(H,30,33)/t26-/m0/s1. The van der Waals surface area contributed by atoms with Crippen molar-refractivity contribution < 1.29 is 19.1 Å². The SMILES string of the molecule is CC[C@@H](C(=O)NC1CCCCC1)N(Cc1ccccc1Cl)C(=O)CCCOc1ccc(OC)cc1. The minimum atomic E-state index is -0.539. The minimum Gasteiger partial charge on any atom is -0.497 e. The van der Waals surface area contributed by atoms with Crippen LogP contribution in [-0.4, -0.2) is 42.5 Å². The van der Waals surface area contributed by atoms with Crippen molar-refractivity contribution in [3.05, 3.63) is 59.1 Å². The molecule has 2 aromatic carbocycles. The fraction of sp³-hybridized carbons (Fsp3) is 0.500. The first-order chi connectivity index (χ1) is 17.0. The first-order valence-electron chi connectivity index (χ1n) is 12.6. The number of nitrogens with zero attached hydrogens (tertiary/aromatic N) is 1. The van der Waals surface area contributed by atoms with E-state index in [1.807, 2.05) is 55.5 Å². The molecule has 1 fully saturated rings. The molecule has 2 amide bonds. The van der Waals surface area contributed by atoms with Gasteiger partial charge >= 0.3 is 0 Å². The van der Waals surface area contributed by atoms with Gasteiger partial charge in [0, 0.05) is 24.0 Å². The van der Waals surface area contributed by atoms with Gasteiger partial charge in [-0.05, 0) is 61.6 Å². The molecule has 6 nitrogen and oxygen atoms in total. The quantitative estimate of drug-likeness (QED) is 0.376. The first kappa shape index (κ1) is 26.9. The minimum absolute atomic E-state index is 0.0747. The van der Waals surface area contributed by atoms with Crippen LogP contribution >= 0.6 is 11.6 Å². The van der Waals surface area contributed by atoms with E-state index in [1.165, 1.54) is 6.42 Å². The summed E-state index contributed by atoms with van der Waals surface area (Å²) in [7, 11) is 1.62. The molecule has 190 valence electrons.